The van der Waals surface area contributed by atoms with Crippen LogP contribution in [0.4, 0.5) is 0 Å². The number of aromatic nitrogens is 5. The van der Waals surface area contributed by atoms with Gasteiger partial charge in [-0.05, 0) is 53.9 Å². The normalized spacial score (nSPS) is 18.9. The molecule has 1 aliphatic heterocycles. The SMILES string of the molecule is Cc1nc(C2CCCCN2C(=O)c2cn(C(C)(C)C)nc2C)n[nH]1. The molecule has 7 nitrogen and oxygen atoms in total. The number of likely N-dealkylation sites (tertiary alicyclic amines) is 1. The second-order valence-electron chi connectivity index (χ2n) is 7.53. The predicted octanol–water partition coefficient (Wildman–Crippen LogP) is 2.74. The number of amides is 1. The first-order chi connectivity index (χ1) is 11.3. The van der Waals surface area contributed by atoms with Gasteiger partial charge in [-0.3, -0.25) is 14.6 Å². The second-order valence-corrected chi connectivity index (χ2v) is 7.53. The summed E-state index contributed by atoms with van der Waals surface area (Å²) in [7, 11) is 0. The van der Waals surface area contributed by atoms with E-state index >= 15 is 0 Å². The van der Waals surface area contributed by atoms with E-state index in [2.05, 4.69) is 41.1 Å². The third-order valence-corrected chi connectivity index (χ3v) is 4.49. The van der Waals surface area contributed by atoms with Gasteiger partial charge in [0, 0.05) is 12.7 Å². The number of rotatable bonds is 2. The third-order valence-electron chi connectivity index (χ3n) is 4.49. The molecule has 2 aromatic heterocycles. The van der Waals surface area contributed by atoms with E-state index in [-0.39, 0.29) is 17.5 Å². The number of hydrogen-bond acceptors (Lipinski definition) is 4. The van der Waals surface area contributed by atoms with Crippen LogP contribution >= 0.6 is 0 Å². The first-order valence-electron chi connectivity index (χ1n) is 8.54. The predicted molar refractivity (Wildman–Crippen MR) is 90.7 cm³/mol. The molecule has 0 radical (unpaired) electrons. The van der Waals surface area contributed by atoms with Crippen molar-refractivity contribution in [2.75, 3.05) is 6.54 Å². The molecule has 1 fully saturated rings. The molecule has 1 atom stereocenters. The van der Waals surface area contributed by atoms with Crippen LogP contribution in [0, 0.1) is 13.8 Å². The summed E-state index contributed by atoms with van der Waals surface area (Å²) in [4.78, 5) is 19.5. The van der Waals surface area contributed by atoms with Crippen LogP contribution in [0.5, 0.6) is 0 Å². The van der Waals surface area contributed by atoms with Gasteiger partial charge < -0.3 is 4.90 Å². The minimum Gasteiger partial charge on any atom is -0.328 e. The lowest BCUT2D eigenvalue weighted by atomic mass is 10.0. The Morgan fingerprint density at radius 3 is 2.62 bits per heavy atom. The van der Waals surface area contributed by atoms with Crippen molar-refractivity contribution in [1.29, 1.82) is 0 Å². The second kappa shape index (κ2) is 6.03. The Morgan fingerprint density at radius 2 is 2.04 bits per heavy atom. The van der Waals surface area contributed by atoms with Crippen LogP contribution in [0.2, 0.25) is 0 Å². The smallest absolute Gasteiger partial charge is 0.257 e. The van der Waals surface area contributed by atoms with Crippen molar-refractivity contribution in [2.45, 2.75) is 65.5 Å². The van der Waals surface area contributed by atoms with Crippen molar-refractivity contribution < 1.29 is 4.79 Å². The fraction of sp³-hybridized carbons (Fsp3) is 0.647. The summed E-state index contributed by atoms with van der Waals surface area (Å²) in [5, 5.41) is 11.7. The van der Waals surface area contributed by atoms with Crippen molar-refractivity contribution in [3.63, 3.8) is 0 Å². The number of aromatic amines is 1. The monoisotopic (exact) mass is 330 g/mol. The van der Waals surface area contributed by atoms with Crippen molar-refractivity contribution in [1.82, 2.24) is 29.9 Å². The molecule has 1 saturated heterocycles. The number of nitrogens with one attached hydrogen (secondary N) is 1. The maximum absolute atomic E-state index is 13.2. The lowest BCUT2D eigenvalue weighted by Crippen LogP contribution is -2.39. The lowest BCUT2D eigenvalue weighted by molar-refractivity contribution is 0.0599. The molecule has 1 N–H and O–H groups in total. The summed E-state index contributed by atoms with van der Waals surface area (Å²) in [6, 6.07) is -0.0615. The Hall–Kier alpha value is -2.18. The summed E-state index contributed by atoms with van der Waals surface area (Å²) in [6.45, 7) is 10.7. The highest BCUT2D eigenvalue weighted by atomic mass is 16.2. The largest absolute Gasteiger partial charge is 0.328 e. The zero-order valence-electron chi connectivity index (χ0n) is 15.1. The van der Waals surface area contributed by atoms with Gasteiger partial charge in [0.1, 0.15) is 5.82 Å². The molecule has 1 aliphatic rings. The zero-order valence-corrected chi connectivity index (χ0v) is 15.1. The van der Waals surface area contributed by atoms with Gasteiger partial charge in [0.25, 0.3) is 5.91 Å². The van der Waals surface area contributed by atoms with Crippen LogP contribution in [-0.4, -0.2) is 42.3 Å². The van der Waals surface area contributed by atoms with E-state index in [1.54, 1.807) is 0 Å². The molecule has 0 aliphatic carbocycles. The van der Waals surface area contributed by atoms with Gasteiger partial charge in [-0.25, -0.2) is 4.98 Å². The number of nitrogens with zero attached hydrogens (tertiary/aromatic N) is 5. The highest BCUT2D eigenvalue weighted by Crippen LogP contribution is 2.31. The van der Waals surface area contributed by atoms with Gasteiger partial charge in [-0.1, -0.05) is 0 Å². The van der Waals surface area contributed by atoms with Crippen LogP contribution in [0.25, 0.3) is 0 Å². The summed E-state index contributed by atoms with van der Waals surface area (Å²) in [5.74, 6) is 1.51. The number of hydrogen-bond donors (Lipinski definition) is 1. The Labute approximate surface area is 142 Å². The first-order valence-corrected chi connectivity index (χ1v) is 8.54. The molecule has 7 heteroatoms. The van der Waals surface area contributed by atoms with Gasteiger partial charge in [-0.2, -0.15) is 10.2 Å². The third kappa shape index (κ3) is 3.07. The van der Waals surface area contributed by atoms with Crippen molar-refractivity contribution in [3.8, 4) is 0 Å². The molecule has 2 aromatic rings. The van der Waals surface area contributed by atoms with E-state index in [4.69, 9.17) is 0 Å². The van der Waals surface area contributed by atoms with Crippen LogP contribution in [0.1, 0.15) is 73.8 Å². The highest BCUT2D eigenvalue weighted by Gasteiger charge is 2.33. The standard InChI is InChI=1S/C17H26N6O/c1-11-13(10-23(21-11)17(3,4)5)16(24)22-9-7-6-8-14(22)15-18-12(2)19-20-15/h10,14H,6-9H2,1-5H3,(H,18,19,20). The lowest BCUT2D eigenvalue weighted by Gasteiger charge is -2.34. The van der Waals surface area contributed by atoms with Gasteiger partial charge in [0.05, 0.1) is 22.8 Å². The van der Waals surface area contributed by atoms with Crippen molar-refractivity contribution in [3.05, 3.63) is 29.1 Å². The van der Waals surface area contributed by atoms with Crippen molar-refractivity contribution in [2.24, 2.45) is 0 Å². The molecule has 0 spiro atoms. The summed E-state index contributed by atoms with van der Waals surface area (Å²) < 4.78 is 1.87. The minimum absolute atomic E-state index is 0.0233. The van der Waals surface area contributed by atoms with Crippen LogP contribution in [0.15, 0.2) is 6.20 Å². The minimum atomic E-state index is -0.147. The van der Waals surface area contributed by atoms with Crippen LogP contribution < -0.4 is 0 Å². The zero-order chi connectivity index (χ0) is 17.5. The molecule has 0 saturated carbocycles. The summed E-state index contributed by atoms with van der Waals surface area (Å²) >= 11 is 0. The van der Waals surface area contributed by atoms with E-state index in [1.165, 1.54) is 0 Å². The number of carbonyl (C=O) groups is 1. The molecule has 1 amide bonds. The average molecular weight is 330 g/mol. The Kier molecular flexibility index (Phi) is 4.19. The molecular weight excluding hydrogens is 304 g/mol. The van der Waals surface area contributed by atoms with E-state index in [1.807, 2.05) is 29.6 Å². The van der Waals surface area contributed by atoms with Crippen molar-refractivity contribution >= 4 is 5.91 Å². The Bertz CT molecular complexity index is 739. The molecule has 0 aromatic carbocycles. The molecule has 0 bridgehead atoms. The number of carbonyl (C=O) groups excluding carboxylic acids is 1. The van der Waals surface area contributed by atoms with Gasteiger partial charge in [-0.15, -0.1) is 0 Å². The average Bonchev–Trinajstić information content (AvgIpc) is 3.12. The fourth-order valence-electron chi connectivity index (χ4n) is 3.12. The van der Waals surface area contributed by atoms with E-state index in [0.29, 0.717) is 11.4 Å². The number of aryl methyl sites for hydroxylation is 2. The Morgan fingerprint density at radius 1 is 1.29 bits per heavy atom. The molecule has 3 rings (SSSR count). The van der Waals surface area contributed by atoms with Crippen LogP contribution in [-0.2, 0) is 5.54 Å². The summed E-state index contributed by atoms with van der Waals surface area (Å²) in [5.41, 5.74) is 1.29. The molecule has 1 unspecified atom stereocenters. The number of H-pyrrole nitrogens is 1. The van der Waals surface area contributed by atoms with Gasteiger partial charge >= 0.3 is 0 Å². The van der Waals surface area contributed by atoms with Gasteiger partial charge in [0.15, 0.2) is 5.82 Å². The van der Waals surface area contributed by atoms with E-state index in [0.717, 1.165) is 37.3 Å². The molecule has 130 valence electrons. The topological polar surface area (TPSA) is 79.7 Å². The molecule has 24 heavy (non-hydrogen) atoms. The maximum atomic E-state index is 13.2. The fourth-order valence-corrected chi connectivity index (χ4v) is 3.12. The molecular formula is C17H26N6O. The van der Waals surface area contributed by atoms with Crippen LogP contribution in [0.3, 0.4) is 0 Å². The number of piperidine rings is 1. The first kappa shape index (κ1) is 16.7. The maximum Gasteiger partial charge on any atom is 0.257 e. The van der Waals surface area contributed by atoms with Gasteiger partial charge in [0.2, 0.25) is 0 Å². The van der Waals surface area contributed by atoms with E-state index < -0.39 is 0 Å². The molecule has 3 heterocycles. The quantitative estimate of drug-likeness (QED) is 0.918. The van der Waals surface area contributed by atoms with E-state index in [9.17, 15) is 4.79 Å². The Balaban J connectivity index is 1.91. The highest BCUT2D eigenvalue weighted by molar-refractivity contribution is 5.95. The summed E-state index contributed by atoms with van der Waals surface area (Å²) in [6.07, 6.45) is 4.86.